The number of carbonyl (C=O) groups is 1. The van der Waals surface area contributed by atoms with Crippen LogP contribution in [0.3, 0.4) is 0 Å². The van der Waals surface area contributed by atoms with Crippen molar-refractivity contribution >= 4 is 32.7 Å². The lowest BCUT2D eigenvalue weighted by Gasteiger charge is -2.32. The lowest BCUT2D eigenvalue weighted by atomic mass is 10.2. The summed E-state index contributed by atoms with van der Waals surface area (Å²) in [6.45, 7) is 4.22. The molecule has 1 aliphatic heterocycles. The average molecular weight is 394 g/mol. The number of ether oxygens (including phenoxy) is 1. The van der Waals surface area contributed by atoms with Crippen molar-refractivity contribution in [3.05, 3.63) is 39.4 Å². The van der Waals surface area contributed by atoms with E-state index in [1.165, 1.54) is 10.9 Å². The molecular formula is C17H20BrN3O3. The van der Waals surface area contributed by atoms with E-state index in [0.29, 0.717) is 37.1 Å². The van der Waals surface area contributed by atoms with E-state index in [1.807, 2.05) is 11.0 Å². The fraction of sp³-hybridized carbons (Fsp3) is 0.471. The molecule has 3 rings (SSSR count). The average Bonchev–Trinajstić information content (AvgIpc) is 2.61. The van der Waals surface area contributed by atoms with Crippen molar-refractivity contribution in [3.63, 3.8) is 0 Å². The van der Waals surface area contributed by atoms with Crippen LogP contribution in [-0.4, -0.2) is 46.2 Å². The van der Waals surface area contributed by atoms with E-state index in [0.717, 1.165) is 10.9 Å². The monoisotopic (exact) mass is 393 g/mol. The largest absolute Gasteiger partial charge is 0.375 e. The number of halogens is 1. The molecule has 0 bridgehead atoms. The first-order valence-electron chi connectivity index (χ1n) is 8.12. The molecule has 0 spiro atoms. The van der Waals surface area contributed by atoms with Crippen molar-refractivity contribution < 1.29 is 9.53 Å². The Morgan fingerprint density at radius 1 is 1.46 bits per heavy atom. The number of aromatic nitrogens is 2. The number of carbonyl (C=O) groups excluding carboxylic acids is 1. The van der Waals surface area contributed by atoms with E-state index >= 15 is 0 Å². The van der Waals surface area contributed by atoms with Gasteiger partial charge in [-0.25, -0.2) is 4.98 Å². The third kappa shape index (κ3) is 3.67. The van der Waals surface area contributed by atoms with Crippen molar-refractivity contribution in [1.82, 2.24) is 14.5 Å². The van der Waals surface area contributed by atoms with Crippen LogP contribution in [0.2, 0.25) is 0 Å². The van der Waals surface area contributed by atoms with Crippen LogP contribution in [0.1, 0.15) is 19.8 Å². The van der Waals surface area contributed by atoms with Gasteiger partial charge < -0.3 is 9.64 Å². The molecule has 7 heteroatoms. The molecule has 1 aromatic carbocycles. The summed E-state index contributed by atoms with van der Waals surface area (Å²) in [7, 11) is 0. The molecule has 1 atom stereocenters. The van der Waals surface area contributed by atoms with Crippen molar-refractivity contribution in [1.29, 1.82) is 0 Å². The summed E-state index contributed by atoms with van der Waals surface area (Å²) in [5.41, 5.74) is 0.534. The molecule has 0 radical (unpaired) electrons. The summed E-state index contributed by atoms with van der Waals surface area (Å²) in [5, 5.41) is 0.553. The summed E-state index contributed by atoms with van der Waals surface area (Å²) in [6.07, 6.45) is 2.81. The van der Waals surface area contributed by atoms with E-state index in [9.17, 15) is 9.59 Å². The Morgan fingerprint density at radius 2 is 2.29 bits per heavy atom. The molecule has 0 aliphatic carbocycles. The first kappa shape index (κ1) is 17.1. The van der Waals surface area contributed by atoms with Crippen LogP contribution in [0, 0.1) is 0 Å². The number of benzene rings is 1. The van der Waals surface area contributed by atoms with Gasteiger partial charge in [-0.1, -0.05) is 22.9 Å². The van der Waals surface area contributed by atoms with Gasteiger partial charge in [-0.3, -0.25) is 14.2 Å². The zero-order valence-electron chi connectivity index (χ0n) is 13.6. The number of fused-ring (bicyclic) bond motifs is 1. The molecule has 1 saturated heterocycles. The van der Waals surface area contributed by atoms with Crippen LogP contribution < -0.4 is 5.56 Å². The molecule has 24 heavy (non-hydrogen) atoms. The van der Waals surface area contributed by atoms with Gasteiger partial charge in [0, 0.05) is 30.5 Å². The highest BCUT2D eigenvalue weighted by Gasteiger charge is 2.22. The smallest absolute Gasteiger partial charge is 0.261 e. The van der Waals surface area contributed by atoms with Gasteiger partial charge in [-0.15, -0.1) is 0 Å². The Kier molecular flexibility index (Phi) is 5.30. The molecule has 0 saturated carbocycles. The maximum absolute atomic E-state index is 12.5. The summed E-state index contributed by atoms with van der Waals surface area (Å²) >= 11 is 3.37. The van der Waals surface area contributed by atoms with Crippen LogP contribution in [0.25, 0.3) is 10.9 Å². The highest BCUT2D eigenvalue weighted by Crippen LogP contribution is 2.15. The third-order valence-electron chi connectivity index (χ3n) is 4.30. The second kappa shape index (κ2) is 7.44. The summed E-state index contributed by atoms with van der Waals surface area (Å²) in [4.78, 5) is 31.0. The quantitative estimate of drug-likeness (QED) is 0.798. The zero-order chi connectivity index (χ0) is 17.1. The van der Waals surface area contributed by atoms with Gasteiger partial charge in [0.1, 0.15) is 0 Å². The Hall–Kier alpha value is -1.73. The van der Waals surface area contributed by atoms with E-state index in [-0.39, 0.29) is 24.0 Å². The lowest BCUT2D eigenvalue weighted by Crippen LogP contribution is -2.45. The van der Waals surface area contributed by atoms with Crippen LogP contribution in [-0.2, 0) is 16.1 Å². The Bertz CT molecular complexity index is 805. The first-order chi connectivity index (χ1) is 11.6. The summed E-state index contributed by atoms with van der Waals surface area (Å²) in [6, 6.07) is 5.41. The predicted octanol–water partition coefficient (Wildman–Crippen LogP) is 2.19. The maximum atomic E-state index is 12.5. The van der Waals surface area contributed by atoms with Crippen molar-refractivity contribution in [2.45, 2.75) is 32.4 Å². The molecule has 1 aromatic heterocycles. The Labute approximate surface area is 148 Å². The second-order valence-electron chi connectivity index (χ2n) is 5.90. The van der Waals surface area contributed by atoms with Gasteiger partial charge in [-0.05, 0) is 24.6 Å². The minimum atomic E-state index is -0.123. The number of rotatable bonds is 4. The standard InChI is InChI=1S/C17H20BrN3O3/c1-2-13-10-20(7-8-24-13)16(22)5-6-21-11-19-15-4-3-12(18)9-14(15)17(21)23/h3-4,9,11,13H,2,5-8,10H2,1H3. The summed E-state index contributed by atoms with van der Waals surface area (Å²) < 4.78 is 7.92. The molecule has 2 heterocycles. The van der Waals surface area contributed by atoms with Gasteiger partial charge >= 0.3 is 0 Å². The number of amides is 1. The van der Waals surface area contributed by atoms with Gasteiger partial charge in [0.25, 0.3) is 5.56 Å². The highest BCUT2D eigenvalue weighted by atomic mass is 79.9. The molecule has 128 valence electrons. The van der Waals surface area contributed by atoms with E-state index < -0.39 is 0 Å². The van der Waals surface area contributed by atoms with Crippen LogP contribution in [0.15, 0.2) is 33.8 Å². The van der Waals surface area contributed by atoms with Gasteiger partial charge in [0.15, 0.2) is 0 Å². The van der Waals surface area contributed by atoms with Crippen LogP contribution in [0.4, 0.5) is 0 Å². The molecule has 1 amide bonds. The normalized spacial score (nSPS) is 18.1. The van der Waals surface area contributed by atoms with Crippen LogP contribution >= 0.6 is 15.9 Å². The van der Waals surface area contributed by atoms with Crippen LogP contribution in [0.5, 0.6) is 0 Å². The van der Waals surface area contributed by atoms with Gasteiger partial charge in [0.2, 0.25) is 5.91 Å². The molecule has 0 N–H and O–H groups in total. The first-order valence-corrected chi connectivity index (χ1v) is 8.92. The SMILES string of the molecule is CCC1CN(C(=O)CCn2cnc3ccc(Br)cc3c2=O)CCO1. The van der Waals surface area contributed by atoms with Crippen molar-refractivity contribution in [2.75, 3.05) is 19.7 Å². The van der Waals surface area contributed by atoms with Crippen molar-refractivity contribution in [2.24, 2.45) is 0 Å². The fourth-order valence-electron chi connectivity index (χ4n) is 2.86. The molecule has 1 fully saturated rings. The fourth-order valence-corrected chi connectivity index (χ4v) is 3.22. The van der Waals surface area contributed by atoms with E-state index in [2.05, 4.69) is 27.8 Å². The third-order valence-corrected chi connectivity index (χ3v) is 4.79. The van der Waals surface area contributed by atoms with E-state index in [4.69, 9.17) is 4.74 Å². The predicted molar refractivity (Wildman–Crippen MR) is 94.9 cm³/mol. The van der Waals surface area contributed by atoms with Gasteiger partial charge in [-0.2, -0.15) is 0 Å². The minimum absolute atomic E-state index is 0.0537. The molecular weight excluding hydrogens is 374 g/mol. The number of aryl methyl sites for hydroxylation is 1. The summed E-state index contributed by atoms with van der Waals surface area (Å²) in [5.74, 6) is 0.0537. The molecule has 1 unspecified atom stereocenters. The highest BCUT2D eigenvalue weighted by molar-refractivity contribution is 9.10. The second-order valence-corrected chi connectivity index (χ2v) is 6.81. The zero-order valence-corrected chi connectivity index (χ0v) is 15.2. The number of hydrogen-bond acceptors (Lipinski definition) is 4. The Balaban J connectivity index is 1.70. The molecule has 1 aliphatic rings. The lowest BCUT2D eigenvalue weighted by molar-refractivity contribution is -0.139. The topological polar surface area (TPSA) is 64.4 Å². The van der Waals surface area contributed by atoms with Gasteiger partial charge in [0.05, 0.1) is 29.9 Å². The number of nitrogens with zero attached hydrogens (tertiary/aromatic N) is 3. The van der Waals surface area contributed by atoms with Crippen molar-refractivity contribution in [3.8, 4) is 0 Å². The molecule has 2 aromatic rings. The minimum Gasteiger partial charge on any atom is -0.375 e. The maximum Gasteiger partial charge on any atom is 0.261 e. The number of hydrogen-bond donors (Lipinski definition) is 0. The molecule has 6 nitrogen and oxygen atoms in total. The Morgan fingerprint density at radius 3 is 3.08 bits per heavy atom. The van der Waals surface area contributed by atoms with E-state index in [1.54, 1.807) is 12.1 Å². The number of morpholine rings is 1.